The molecule has 0 saturated heterocycles. The largest absolute Gasteiger partial charge is 0.303 e. The Morgan fingerprint density at radius 2 is 1.57 bits per heavy atom. The average molecular weight is 447 g/mol. The van der Waals surface area contributed by atoms with Crippen molar-refractivity contribution in [3.63, 3.8) is 0 Å². The summed E-state index contributed by atoms with van der Waals surface area (Å²) in [5, 5.41) is 3.42. The number of aromatic nitrogens is 1. The van der Waals surface area contributed by atoms with Gasteiger partial charge in [-0.15, -0.1) is 35.0 Å². The summed E-state index contributed by atoms with van der Waals surface area (Å²) in [6.07, 6.45) is 1.94. The third kappa shape index (κ3) is 2.49. The minimum atomic E-state index is 0. The van der Waals surface area contributed by atoms with Gasteiger partial charge in [-0.05, 0) is 22.0 Å². The van der Waals surface area contributed by atoms with Crippen molar-refractivity contribution >= 4 is 21.7 Å². The molecule has 4 aromatic rings. The smallest absolute Gasteiger partial charge is 0.0239 e. The van der Waals surface area contributed by atoms with Gasteiger partial charge in [-0.3, -0.25) is 0 Å². The Balaban J connectivity index is 0.00000132. The second-order valence-electron chi connectivity index (χ2n) is 4.86. The standard InChI is InChI=1S/C19H12N.Ir/c1-2-6-14(7-3-1)17-12-16-11-10-15-8-4-5-9-18(15)19(16)20-13-17;/h1-8,10-13H;/q-1;. The van der Waals surface area contributed by atoms with E-state index in [0.717, 1.165) is 21.9 Å². The molecule has 1 aromatic heterocycles. The molecule has 21 heavy (non-hydrogen) atoms. The minimum absolute atomic E-state index is 0. The fourth-order valence-electron chi connectivity index (χ4n) is 2.58. The molecular weight excluding hydrogens is 434 g/mol. The fraction of sp³-hybridized carbons (Fsp3) is 0. The van der Waals surface area contributed by atoms with Crippen LogP contribution in [0.2, 0.25) is 0 Å². The van der Waals surface area contributed by atoms with E-state index >= 15 is 0 Å². The molecule has 0 atom stereocenters. The molecule has 1 nitrogen and oxygen atoms in total. The second kappa shape index (κ2) is 5.77. The molecule has 103 valence electrons. The van der Waals surface area contributed by atoms with Crippen molar-refractivity contribution in [2.45, 2.75) is 0 Å². The van der Waals surface area contributed by atoms with Crippen LogP contribution >= 0.6 is 0 Å². The Kier molecular flexibility index (Phi) is 3.83. The topological polar surface area (TPSA) is 12.9 Å². The summed E-state index contributed by atoms with van der Waals surface area (Å²) in [7, 11) is 0. The Morgan fingerprint density at radius 1 is 0.762 bits per heavy atom. The van der Waals surface area contributed by atoms with Crippen LogP contribution in [0, 0.1) is 6.07 Å². The van der Waals surface area contributed by atoms with Crippen LogP contribution < -0.4 is 0 Å². The molecule has 0 aliphatic carbocycles. The maximum absolute atomic E-state index is 4.65. The molecule has 3 aromatic carbocycles. The van der Waals surface area contributed by atoms with Gasteiger partial charge in [0.15, 0.2) is 0 Å². The van der Waals surface area contributed by atoms with Gasteiger partial charge in [0.1, 0.15) is 0 Å². The van der Waals surface area contributed by atoms with Crippen molar-refractivity contribution in [3.05, 3.63) is 79.0 Å². The van der Waals surface area contributed by atoms with Gasteiger partial charge >= 0.3 is 0 Å². The van der Waals surface area contributed by atoms with Crippen molar-refractivity contribution in [2.75, 3.05) is 0 Å². The maximum atomic E-state index is 4.65. The molecule has 4 rings (SSSR count). The van der Waals surface area contributed by atoms with Gasteiger partial charge in [-0.25, -0.2) is 0 Å². The average Bonchev–Trinajstić information content (AvgIpc) is 2.55. The normalized spacial score (nSPS) is 10.5. The van der Waals surface area contributed by atoms with E-state index in [1.54, 1.807) is 0 Å². The number of hydrogen-bond donors (Lipinski definition) is 0. The van der Waals surface area contributed by atoms with E-state index in [2.05, 4.69) is 47.4 Å². The van der Waals surface area contributed by atoms with Crippen LogP contribution in [0.1, 0.15) is 0 Å². The first-order chi connectivity index (χ1) is 9.92. The second-order valence-corrected chi connectivity index (χ2v) is 4.86. The summed E-state index contributed by atoms with van der Waals surface area (Å²) in [6.45, 7) is 0. The van der Waals surface area contributed by atoms with E-state index in [0.29, 0.717) is 0 Å². The molecule has 1 radical (unpaired) electrons. The van der Waals surface area contributed by atoms with Crippen molar-refractivity contribution in [3.8, 4) is 11.1 Å². The Labute approximate surface area is 137 Å². The van der Waals surface area contributed by atoms with E-state index in [9.17, 15) is 0 Å². The molecule has 0 aliphatic heterocycles. The first-order valence-electron chi connectivity index (χ1n) is 6.66. The van der Waals surface area contributed by atoms with Gasteiger partial charge in [0.2, 0.25) is 0 Å². The number of fused-ring (bicyclic) bond motifs is 3. The van der Waals surface area contributed by atoms with Gasteiger partial charge in [0, 0.05) is 26.3 Å². The van der Waals surface area contributed by atoms with Gasteiger partial charge in [-0.1, -0.05) is 48.5 Å². The third-order valence-corrected chi connectivity index (χ3v) is 3.59. The predicted molar refractivity (Wildman–Crippen MR) is 83.5 cm³/mol. The number of hydrogen-bond acceptors (Lipinski definition) is 1. The molecule has 0 amide bonds. The third-order valence-electron chi connectivity index (χ3n) is 3.59. The summed E-state index contributed by atoms with van der Waals surface area (Å²) in [6, 6.07) is 26.1. The van der Waals surface area contributed by atoms with Gasteiger partial charge in [-0.2, -0.15) is 0 Å². The SMILES string of the molecule is [Ir].[c-]1cccc2ccc3cc(-c4ccccc4)cnc3c12. The van der Waals surface area contributed by atoms with Crippen molar-refractivity contribution in [1.82, 2.24) is 4.98 Å². The molecule has 0 spiro atoms. The molecule has 0 unspecified atom stereocenters. The van der Waals surface area contributed by atoms with E-state index in [4.69, 9.17) is 0 Å². The van der Waals surface area contributed by atoms with Gasteiger partial charge in [0.25, 0.3) is 0 Å². The molecule has 0 aliphatic rings. The number of benzene rings is 3. The Bertz CT molecular complexity index is 901. The Hall–Kier alpha value is -2.02. The zero-order chi connectivity index (χ0) is 13.4. The number of nitrogens with zero attached hydrogens (tertiary/aromatic N) is 1. The first-order valence-corrected chi connectivity index (χ1v) is 6.66. The summed E-state index contributed by atoms with van der Waals surface area (Å²) in [5.74, 6) is 0. The molecule has 0 fully saturated rings. The predicted octanol–water partition coefficient (Wildman–Crippen LogP) is 4.85. The number of pyridine rings is 1. The van der Waals surface area contributed by atoms with Crippen molar-refractivity contribution in [1.29, 1.82) is 0 Å². The quantitative estimate of drug-likeness (QED) is 0.301. The maximum Gasteiger partial charge on any atom is 0.0239 e. The van der Waals surface area contributed by atoms with Crippen LogP contribution in [0.5, 0.6) is 0 Å². The van der Waals surface area contributed by atoms with Crippen LogP contribution in [0.25, 0.3) is 32.8 Å². The summed E-state index contributed by atoms with van der Waals surface area (Å²) >= 11 is 0. The minimum Gasteiger partial charge on any atom is -0.303 e. The molecular formula is C19H12IrN-. The van der Waals surface area contributed by atoms with Crippen LogP contribution in [0.3, 0.4) is 0 Å². The van der Waals surface area contributed by atoms with E-state index < -0.39 is 0 Å². The fourth-order valence-corrected chi connectivity index (χ4v) is 2.58. The monoisotopic (exact) mass is 447 g/mol. The molecule has 1 heterocycles. The summed E-state index contributed by atoms with van der Waals surface area (Å²) in [5.41, 5.74) is 3.36. The number of rotatable bonds is 1. The first kappa shape index (κ1) is 13.9. The van der Waals surface area contributed by atoms with Crippen molar-refractivity contribution in [2.24, 2.45) is 0 Å². The summed E-state index contributed by atoms with van der Waals surface area (Å²) in [4.78, 5) is 4.65. The van der Waals surface area contributed by atoms with Crippen molar-refractivity contribution < 1.29 is 20.1 Å². The summed E-state index contributed by atoms with van der Waals surface area (Å²) < 4.78 is 0. The van der Waals surface area contributed by atoms with E-state index in [1.165, 1.54) is 10.9 Å². The molecule has 0 N–H and O–H groups in total. The van der Waals surface area contributed by atoms with Crippen LogP contribution in [-0.4, -0.2) is 4.98 Å². The molecule has 2 heteroatoms. The van der Waals surface area contributed by atoms with Crippen LogP contribution in [0.15, 0.2) is 72.9 Å². The molecule has 0 bridgehead atoms. The van der Waals surface area contributed by atoms with Crippen LogP contribution in [0.4, 0.5) is 0 Å². The zero-order valence-electron chi connectivity index (χ0n) is 11.2. The van der Waals surface area contributed by atoms with Crippen LogP contribution in [-0.2, 0) is 20.1 Å². The van der Waals surface area contributed by atoms with E-state index in [1.807, 2.05) is 36.5 Å². The van der Waals surface area contributed by atoms with Gasteiger partial charge in [0.05, 0.1) is 0 Å². The zero-order valence-corrected chi connectivity index (χ0v) is 13.6. The van der Waals surface area contributed by atoms with Gasteiger partial charge < -0.3 is 4.98 Å². The van der Waals surface area contributed by atoms with E-state index in [-0.39, 0.29) is 20.1 Å². The molecule has 0 saturated carbocycles. The Morgan fingerprint density at radius 3 is 2.43 bits per heavy atom.